The number of Topliss-reactive ketones (excluding diaryl/α,β-unsaturated/α-hetero) is 1. The monoisotopic (exact) mass is 439 g/mol. The number of rotatable bonds is 7. The Balaban J connectivity index is 1.52. The molecule has 0 spiro atoms. The Labute approximate surface area is 183 Å². The van der Waals surface area contributed by atoms with Crippen LogP contribution in [0.3, 0.4) is 0 Å². The van der Waals surface area contributed by atoms with E-state index in [1.54, 1.807) is 48.5 Å². The summed E-state index contributed by atoms with van der Waals surface area (Å²) in [4.78, 5) is 27.3. The Bertz CT molecular complexity index is 1120. The van der Waals surface area contributed by atoms with E-state index in [1.165, 1.54) is 29.2 Å². The normalized spacial score (nSPS) is 17.5. The van der Waals surface area contributed by atoms with Crippen molar-refractivity contribution in [3.05, 3.63) is 94.8 Å². The Morgan fingerprint density at radius 1 is 1.03 bits per heavy atom. The lowest BCUT2D eigenvalue weighted by atomic mass is 9.88. The van der Waals surface area contributed by atoms with Crippen LogP contribution in [0.2, 0.25) is 5.02 Å². The predicted octanol–water partition coefficient (Wildman–Crippen LogP) is 4.37. The van der Waals surface area contributed by atoms with Gasteiger partial charge in [0, 0.05) is 16.1 Å². The van der Waals surface area contributed by atoms with E-state index in [9.17, 15) is 19.1 Å². The fraction of sp³-hybridized carbons (Fsp3) is 0.167. The fourth-order valence-electron chi connectivity index (χ4n) is 3.66. The van der Waals surface area contributed by atoms with Gasteiger partial charge in [-0.05, 0) is 54.6 Å². The molecule has 0 bridgehead atoms. The molecule has 1 aliphatic rings. The van der Waals surface area contributed by atoms with E-state index in [1.807, 2.05) is 0 Å². The minimum atomic E-state index is -2.00. The average Bonchev–Trinajstić information content (AvgIpc) is 2.97. The maximum atomic E-state index is 13.2. The summed E-state index contributed by atoms with van der Waals surface area (Å²) in [7, 11) is 0. The fourth-order valence-corrected chi connectivity index (χ4v) is 3.78. The Hall–Kier alpha value is -3.22. The molecule has 4 rings (SSSR count). The molecule has 0 fully saturated rings. The van der Waals surface area contributed by atoms with Crippen LogP contribution in [0.4, 0.5) is 10.1 Å². The van der Waals surface area contributed by atoms with E-state index < -0.39 is 29.5 Å². The van der Waals surface area contributed by atoms with Crippen molar-refractivity contribution in [3.8, 4) is 5.75 Å². The average molecular weight is 440 g/mol. The quantitative estimate of drug-likeness (QED) is 0.555. The Kier molecular flexibility index (Phi) is 5.76. The van der Waals surface area contributed by atoms with E-state index in [2.05, 4.69) is 0 Å². The van der Waals surface area contributed by atoms with Gasteiger partial charge < -0.3 is 14.7 Å². The first-order chi connectivity index (χ1) is 14.9. The number of anilines is 1. The highest BCUT2D eigenvalue weighted by molar-refractivity contribution is 6.30. The van der Waals surface area contributed by atoms with E-state index in [-0.39, 0.29) is 18.7 Å². The number of para-hydroxylation sites is 1. The number of halogens is 2. The molecule has 1 amide bonds. The van der Waals surface area contributed by atoms with Gasteiger partial charge in [0.05, 0.1) is 18.7 Å². The second-order valence-corrected chi connectivity index (χ2v) is 7.68. The summed E-state index contributed by atoms with van der Waals surface area (Å²) < 4.78 is 18.8. The molecule has 3 aromatic rings. The molecule has 1 atom stereocenters. The summed E-state index contributed by atoms with van der Waals surface area (Å²) in [6.07, 6.45) is -0.441. The van der Waals surface area contributed by atoms with Gasteiger partial charge >= 0.3 is 0 Å². The van der Waals surface area contributed by atoms with Crippen LogP contribution in [-0.2, 0) is 10.4 Å². The predicted molar refractivity (Wildman–Crippen MR) is 115 cm³/mol. The minimum absolute atomic E-state index is 0.184. The molecule has 0 saturated carbocycles. The van der Waals surface area contributed by atoms with Crippen molar-refractivity contribution in [2.75, 3.05) is 18.1 Å². The van der Waals surface area contributed by atoms with Gasteiger partial charge in [0.1, 0.15) is 18.2 Å². The van der Waals surface area contributed by atoms with Gasteiger partial charge in [-0.3, -0.25) is 9.59 Å². The molecule has 1 heterocycles. The molecule has 1 N–H and O–H groups in total. The molecule has 0 aromatic heterocycles. The summed E-state index contributed by atoms with van der Waals surface area (Å²) in [5.41, 5.74) is -0.879. The number of hydrogen-bond donors (Lipinski definition) is 1. The zero-order chi connectivity index (χ0) is 22.0. The molecular weight excluding hydrogens is 421 g/mol. The Morgan fingerprint density at radius 3 is 2.42 bits per heavy atom. The van der Waals surface area contributed by atoms with Crippen LogP contribution in [0.15, 0.2) is 72.8 Å². The van der Waals surface area contributed by atoms with Crippen LogP contribution >= 0.6 is 11.6 Å². The number of aliphatic hydroxyl groups is 1. The van der Waals surface area contributed by atoms with Crippen LogP contribution in [0.1, 0.15) is 22.3 Å². The molecule has 31 heavy (non-hydrogen) atoms. The third-order valence-corrected chi connectivity index (χ3v) is 5.47. The molecule has 3 aromatic carbocycles. The second kappa shape index (κ2) is 8.49. The zero-order valence-electron chi connectivity index (χ0n) is 16.4. The van der Waals surface area contributed by atoms with Gasteiger partial charge in [-0.1, -0.05) is 29.8 Å². The van der Waals surface area contributed by atoms with Crippen molar-refractivity contribution in [2.24, 2.45) is 0 Å². The lowest BCUT2D eigenvalue weighted by Crippen LogP contribution is -2.43. The van der Waals surface area contributed by atoms with Crippen LogP contribution in [0.25, 0.3) is 0 Å². The largest absolute Gasteiger partial charge is 0.492 e. The SMILES string of the molecule is O=C(CC1(O)C(=O)N(CCOc2ccc(Cl)cc2)c2ccccc21)c1ccc(F)cc1. The topological polar surface area (TPSA) is 66.8 Å². The standard InChI is InChI=1S/C24H19ClFNO4/c25-17-7-11-19(12-8-17)31-14-13-27-21-4-2-1-3-20(21)24(30,23(27)29)15-22(28)16-5-9-18(26)10-6-16/h1-12,30H,13-15H2. The number of fused-ring (bicyclic) bond motifs is 1. The summed E-state index contributed by atoms with van der Waals surface area (Å²) >= 11 is 5.87. The first kappa shape index (κ1) is 21.0. The highest BCUT2D eigenvalue weighted by Crippen LogP contribution is 2.42. The molecule has 7 heteroatoms. The number of amides is 1. The maximum absolute atomic E-state index is 13.2. The van der Waals surface area contributed by atoms with Crippen LogP contribution < -0.4 is 9.64 Å². The molecule has 1 aliphatic heterocycles. The molecule has 1 unspecified atom stereocenters. The van der Waals surface area contributed by atoms with Crippen molar-refractivity contribution in [3.63, 3.8) is 0 Å². The highest BCUT2D eigenvalue weighted by Gasteiger charge is 2.50. The third-order valence-electron chi connectivity index (χ3n) is 5.22. The van der Waals surface area contributed by atoms with Gasteiger partial charge in [-0.2, -0.15) is 0 Å². The third kappa shape index (κ3) is 4.17. The van der Waals surface area contributed by atoms with E-state index >= 15 is 0 Å². The van der Waals surface area contributed by atoms with Gasteiger partial charge in [0.15, 0.2) is 11.4 Å². The lowest BCUT2D eigenvalue weighted by Gasteiger charge is -2.23. The van der Waals surface area contributed by atoms with E-state index in [0.717, 1.165) is 0 Å². The maximum Gasteiger partial charge on any atom is 0.264 e. The summed E-state index contributed by atoms with van der Waals surface area (Å²) in [5, 5.41) is 11.9. The number of ether oxygens (including phenoxy) is 1. The highest BCUT2D eigenvalue weighted by atomic mass is 35.5. The Morgan fingerprint density at radius 2 is 1.71 bits per heavy atom. The number of benzene rings is 3. The summed E-state index contributed by atoms with van der Waals surface area (Å²) in [6, 6.07) is 18.7. The number of ketones is 1. The van der Waals surface area contributed by atoms with Gasteiger partial charge in [-0.15, -0.1) is 0 Å². The van der Waals surface area contributed by atoms with Crippen LogP contribution in [-0.4, -0.2) is 29.9 Å². The molecule has 5 nitrogen and oxygen atoms in total. The zero-order valence-corrected chi connectivity index (χ0v) is 17.2. The summed E-state index contributed by atoms with van der Waals surface area (Å²) in [5.74, 6) is -0.913. The first-order valence-electron chi connectivity index (χ1n) is 9.69. The van der Waals surface area contributed by atoms with Gasteiger partial charge in [-0.25, -0.2) is 4.39 Å². The summed E-state index contributed by atoms with van der Waals surface area (Å²) in [6.45, 7) is 0.370. The smallest absolute Gasteiger partial charge is 0.264 e. The first-order valence-corrected chi connectivity index (χ1v) is 10.1. The minimum Gasteiger partial charge on any atom is -0.492 e. The van der Waals surface area contributed by atoms with E-state index in [4.69, 9.17) is 16.3 Å². The van der Waals surface area contributed by atoms with Crippen molar-refractivity contribution < 1.29 is 23.8 Å². The van der Waals surface area contributed by atoms with Crippen LogP contribution in [0, 0.1) is 5.82 Å². The van der Waals surface area contributed by atoms with Gasteiger partial charge in [0.25, 0.3) is 5.91 Å². The molecule has 0 saturated heterocycles. The van der Waals surface area contributed by atoms with E-state index in [0.29, 0.717) is 22.0 Å². The van der Waals surface area contributed by atoms with Crippen molar-refractivity contribution in [1.82, 2.24) is 0 Å². The number of hydrogen-bond acceptors (Lipinski definition) is 4. The molecule has 0 radical (unpaired) electrons. The number of carbonyl (C=O) groups excluding carboxylic acids is 2. The second-order valence-electron chi connectivity index (χ2n) is 7.24. The van der Waals surface area contributed by atoms with Crippen molar-refractivity contribution >= 4 is 29.0 Å². The number of carbonyl (C=O) groups is 2. The van der Waals surface area contributed by atoms with Gasteiger partial charge in [0.2, 0.25) is 0 Å². The molecule has 0 aliphatic carbocycles. The molecular formula is C24H19ClFNO4. The molecule has 158 valence electrons. The number of nitrogens with zero attached hydrogens (tertiary/aromatic N) is 1. The van der Waals surface area contributed by atoms with Crippen molar-refractivity contribution in [2.45, 2.75) is 12.0 Å². The van der Waals surface area contributed by atoms with Crippen molar-refractivity contribution in [1.29, 1.82) is 0 Å². The van der Waals surface area contributed by atoms with Crippen LogP contribution in [0.5, 0.6) is 5.75 Å². The lowest BCUT2D eigenvalue weighted by molar-refractivity contribution is -0.135.